The Morgan fingerprint density at radius 3 is 2.26 bits per heavy atom. The van der Waals surface area contributed by atoms with Crippen LogP contribution in [0.2, 0.25) is 0 Å². The number of nitrogens with one attached hydrogen (secondary N) is 1. The summed E-state index contributed by atoms with van der Waals surface area (Å²) in [5.74, 6) is -0.817. The fourth-order valence-electron chi connectivity index (χ4n) is 3.34. The van der Waals surface area contributed by atoms with E-state index in [9.17, 15) is 14.8 Å². The lowest BCUT2D eigenvalue weighted by atomic mass is 9.76. The number of urea groups is 1. The van der Waals surface area contributed by atoms with E-state index in [0.717, 1.165) is 5.56 Å². The minimum absolute atomic E-state index is 0.280. The number of nitrogens with zero attached hydrogens (tertiary/aromatic N) is 1. The van der Waals surface area contributed by atoms with Gasteiger partial charge < -0.3 is 24.7 Å². The van der Waals surface area contributed by atoms with E-state index in [1.54, 1.807) is 25.1 Å². The molecule has 1 saturated heterocycles. The molecule has 7 nitrogen and oxygen atoms in total. The maximum Gasteiger partial charge on any atom is 0.596 e. The molecule has 1 aliphatic rings. The van der Waals surface area contributed by atoms with E-state index >= 15 is 4.39 Å². The van der Waals surface area contributed by atoms with Crippen molar-refractivity contribution in [1.29, 1.82) is 0 Å². The molecule has 164 valence electrons. The average Bonchev–Trinajstić information content (AvgIpc) is 2.85. The Kier molecular flexibility index (Phi) is 6.21. The molecule has 0 spiro atoms. The number of rotatable bonds is 4. The summed E-state index contributed by atoms with van der Waals surface area (Å²) in [7, 11) is -3.04. The summed E-state index contributed by atoms with van der Waals surface area (Å²) in [6, 6.07) is 8.63. The lowest BCUT2D eigenvalue weighted by Gasteiger charge is -2.32. The van der Waals surface area contributed by atoms with E-state index < -0.39 is 37.4 Å². The minimum Gasteiger partial charge on any atom is -0.407 e. The molecule has 2 amide bonds. The first-order valence-corrected chi connectivity index (χ1v) is 10.0. The van der Waals surface area contributed by atoms with Gasteiger partial charge in [0.05, 0.1) is 16.9 Å². The van der Waals surface area contributed by atoms with E-state index in [1.807, 2.05) is 40.7 Å². The zero-order valence-corrected chi connectivity index (χ0v) is 18.6. The third-order valence-corrected chi connectivity index (χ3v) is 5.82. The molecule has 0 unspecified atom stereocenters. The van der Waals surface area contributed by atoms with Crippen LogP contribution in [-0.4, -0.2) is 41.7 Å². The van der Waals surface area contributed by atoms with Crippen molar-refractivity contribution in [3.8, 4) is 0 Å². The van der Waals surface area contributed by atoms with Crippen LogP contribution in [0.1, 0.15) is 38.8 Å². The SMILES string of the molecule is Cc1cccc(NC(=O)N(B(O)O)c2cc(C)c(B3OC(C)(C)C(C)(C)O3)cc2F)c1. The van der Waals surface area contributed by atoms with Gasteiger partial charge >= 0.3 is 20.4 Å². The first-order valence-electron chi connectivity index (χ1n) is 10.0. The highest BCUT2D eigenvalue weighted by molar-refractivity contribution is 6.62. The van der Waals surface area contributed by atoms with Gasteiger partial charge in [0.2, 0.25) is 0 Å². The lowest BCUT2D eigenvalue weighted by molar-refractivity contribution is 0.00578. The molecule has 1 heterocycles. The maximum atomic E-state index is 15.1. The number of hydrogen-bond donors (Lipinski definition) is 3. The number of benzene rings is 2. The number of hydrogen-bond acceptors (Lipinski definition) is 5. The molecule has 0 atom stereocenters. The Morgan fingerprint density at radius 1 is 1.10 bits per heavy atom. The molecule has 1 aliphatic heterocycles. The summed E-state index contributed by atoms with van der Waals surface area (Å²) in [6.07, 6.45) is 0. The van der Waals surface area contributed by atoms with Gasteiger partial charge in [-0.2, -0.15) is 0 Å². The van der Waals surface area contributed by atoms with Crippen molar-refractivity contribution < 1.29 is 28.5 Å². The third-order valence-electron chi connectivity index (χ3n) is 5.82. The Balaban J connectivity index is 1.92. The van der Waals surface area contributed by atoms with Crippen LogP contribution in [0, 0.1) is 19.7 Å². The molecule has 2 aromatic rings. The van der Waals surface area contributed by atoms with Crippen LogP contribution in [0.25, 0.3) is 0 Å². The molecule has 0 aromatic heterocycles. The van der Waals surface area contributed by atoms with Crippen LogP contribution in [0.3, 0.4) is 0 Å². The molecule has 3 rings (SSSR count). The molecule has 1 fully saturated rings. The molecule has 0 aliphatic carbocycles. The zero-order valence-electron chi connectivity index (χ0n) is 18.6. The Bertz CT molecular complexity index is 984. The molecule has 0 radical (unpaired) electrons. The largest absolute Gasteiger partial charge is 0.596 e. The van der Waals surface area contributed by atoms with Crippen molar-refractivity contribution in [2.75, 3.05) is 10.1 Å². The summed E-state index contributed by atoms with van der Waals surface area (Å²) in [5.41, 5.74) is 0.915. The van der Waals surface area contributed by atoms with Crippen LogP contribution >= 0.6 is 0 Å². The van der Waals surface area contributed by atoms with Gasteiger partial charge in [-0.05, 0) is 82.4 Å². The molecule has 0 bridgehead atoms. The van der Waals surface area contributed by atoms with Gasteiger partial charge in [-0.3, -0.25) is 4.81 Å². The highest BCUT2D eigenvalue weighted by Gasteiger charge is 2.52. The summed E-state index contributed by atoms with van der Waals surface area (Å²) >= 11 is 0. The van der Waals surface area contributed by atoms with Gasteiger partial charge in [0.15, 0.2) is 0 Å². The van der Waals surface area contributed by atoms with Crippen molar-refractivity contribution in [1.82, 2.24) is 0 Å². The third kappa shape index (κ3) is 4.62. The summed E-state index contributed by atoms with van der Waals surface area (Å²) in [5, 5.41) is 22.2. The second-order valence-electron chi connectivity index (χ2n) is 8.76. The van der Waals surface area contributed by atoms with Crippen LogP contribution < -0.4 is 15.6 Å². The van der Waals surface area contributed by atoms with Gasteiger partial charge in [-0.1, -0.05) is 12.1 Å². The van der Waals surface area contributed by atoms with Crippen LogP contribution in [-0.2, 0) is 9.31 Å². The smallest absolute Gasteiger partial charge is 0.407 e. The molecular weight excluding hydrogens is 401 g/mol. The number of halogens is 1. The molecule has 0 saturated carbocycles. The van der Waals surface area contributed by atoms with Crippen molar-refractivity contribution in [2.45, 2.75) is 52.7 Å². The Morgan fingerprint density at radius 2 is 1.71 bits per heavy atom. The van der Waals surface area contributed by atoms with E-state index in [0.29, 0.717) is 21.5 Å². The van der Waals surface area contributed by atoms with E-state index in [1.165, 1.54) is 12.1 Å². The highest BCUT2D eigenvalue weighted by atomic mass is 19.1. The normalized spacial score (nSPS) is 16.9. The predicted molar refractivity (Wildman–Crippen MR) is 120 cm³/mol. The van der Waals surface area contributed by atoms with Crippen molar-refractivity contribution in [3.05, 3.63) is 53.3 Å². The molecular formula is C21H27B2FN2O5. The monoisotopic (exact) mass is 428 g/mol. The summed E-state index contributed by atoms with van der Waals surface area (Å²) in [4.78, 5) is 13.3. The Labute approximate surface area is 182 Å². The molecule has 10 heteroatoms. The lowest BCUT2D eigenvalue weighted by Crippen LogP contribution is -2.48. The zero-order chi connectivity index (χ0) is 23.1. The molecule has 3 N–H and O–H groups in total. The topological polar surface area (TPSA) is 91.3 Å². The van der Waals surface area contributed by atoms with Crippen LogP contribution in [0.5, 0.6) is 0 Å². The number of carbonyl (C=O) groups is 1. The van der Waals surface area contributed by atoms with E-state index in [4.69, 9.17) is 9.31 Å². The number of carbonyl (C=O) groups excluding carboxylic acids is 1. The van der Waals surface area contributed by atoms with Gasteiger partial charge in [0, 0.05) is 5.69 Å². The first kappa shape index (κ1) is 23.3. The standard InChI is InChI=1S/C21H27B2FN2O5/c1-13-8-7-9-15(10-13)25-19(27)26(23(28)29)18-11-14(2)16(12-17(18)24)22-30-20(3,4)21(5,6)31-22/h7-12,28-29H,1-6H3,(H,25,27). The number of anilines is 2. The minimum atomic E-state index is -2.25. The van der Waals surface area contributed by atoms with Crippen molar-refractivity contribution in [3.63, 3.8) is 0 Å². The first-order chi connectivity index (χ1) is 14.3. The number of amides is 2. The Hall–Kier alpha value is -2.39. The van der Waals surface area contributed by atoms with Crippen LogP contribution in [0.15, 0.2) is 36.4 Å². The predicted octanol–water partition coefficient (Wildman–Crippen LogP) is 2.75. The summed E-state index contributed by atoms with van der Waals surface area (Å²) < 4.78 is 27.1. The van der Waals surface area contributed by atoms with E-state index in [2.05, 4.69) is 5.32 Å². The quantitative estimate of drug-likeness (QED) is 0.652. The second kappa shape index (κ2) is 8.27. The van der Waals surface area contributed by atoms with Gasteiger partial charge in [0.1, 0.15) is 5.82 Å². The fraction of sp³-hybridized carbons (Fsp3) is 0.381. The summed E-state index contributed by atoms with van der Waals surface area (Å²) in [6.45, 7) is 11.1. The maximum absolute atomic E-state index is 15.1. The van der Waals surface area contributed by atoms with Crippen molar-refractivity contribution >= 4 is 37.2 Å². The highest BCUT2D eigenvalue weighted by Crippen LogP contribution is 2.37. The van der Waals surface area contributed by atoms with Crippen LogP contribution in [0.4, 0.5) is 20.6 Å². The average molecular weight is 428 g/mol. The number of aryl methyl sites for hydroxylation is 2. The van der Waals surface area contributed by atoms with E-state index in [-0.39, 0.29) is 5.69 Å². The molecule has 2 aromatic carbocycles. The van der Waals surface area contributed by atoms with Crippen molar-refractivity contribution in [2.24, 2.45) is 0 Å². The molecule has 31 heavy (non-hydrogen) atoms. The fourth-order valence-corrected chi connectivity index (χ4v) is 3.34. The second-order valence-corrected chi connectivity index (χ2v) is 8.76. The van der Waals surface area contributed by atoms with Gasteiger partial charge in [-0.25, -0.2) is 9.18 Å². The van der Waals surface area contributed by atoms with Gasteiger partial charge in [-0.15, -0.1) is 0 Å². The van der Waals surface area contributed by atoms with Gasteiger partial charge in [0.25, 0.3) is 0 Å².